The smallest absolute Gasteiger partial charge is 0.430 e. The van der Waals surface area contributed by atoms with Crippen molar-refractivity contribution in [2.24, 2.45) is 0 Å². The molecule has 0 bridgehead atoms. The predicted octanol–water partition coefficient (Wildman–Crippen LogP) is 1.68. The van der Waals surface area contributed by atoms with Gasteiger partial charge in [0, 0.05) is 0 Å². The maximum atomic E-state index is 9.99. The number of benzene rings is 1. The predicted molar refractivity (Wildman–Crippen MR) is 77.6 cm³/mol. The Hall–Kier alpha value is -1.95. The van der Waals surface area contributed by atoms with E-state index in [1.54, 1.807) is 6.07 Å². The molecule has 1 atom stereocenters. The second-order valence-electron chi connectivity index (χ2n) is 4.72. The van der Waals surface area contributed by atoms with Crippen LogP contribution in [0, 0.1) is 18.3 Å². The van der Waals surface area contributed by atoms with Crippen molar-refractivity contribution in [3.8, 4) is 17.0 Å². The zero-order valence-electron chi connectivity index (χ0n) is 11.5. The van der Waals surface area contributed by atoms with Gasteiger partial charge in [-0.1, -0.05) is 12.0 Å². The highest BCUT2D eigenvalue weighted by molar-refractivity contribution is 7.13. The molecule has 0 aliphatic carbocycles. The Bertz CT molecular complexity index is 728. The normalized spacial score (nSPS) is 16.7. The molecule has 1 aliphatic rings. The SMILES string of the molecule is CCC1OB(O)c2cc(Oc3nnc(C#N)s3)cc(C)c21. The molecular formula is C13H12BN3O3S. The highest BCUT2D eigenvalue weighted by atomic mass is 32.1. The minimum atomic E-state index is -0.934. The lowest BCUT2D eigenvalue weighted by Gasteiger charge is -2.12. The first-order chi connectivity index (χ1) is 10.1. The molecule has 1 unspecified atom stereocenters. The van der Waals surface area contributed by atoms with E-state index < -0.39 is 7.12 Å². The molecular weight excluding hydrogens is 289 g/mol. The Morgan fingerprint density at radius 2 is 2.33 bits per heavy atom. The van der Waals surface area contributed by atoms with Crippen LogP contribution < -0.4 is 10.2 Å². The van der Waals surface area contributed by atoms with Gasteiger partial charge in [0.1, 0.15) is 11.8 Å². The molecule has 0 amide bonds. The van der Waals surface area contributed by atoms with Crippen molar-refractivity contribution >= 4 is 23.9 Å². The van der Waals surface area contributed by atoms with Crippen LogP contribution in [0.1, 0.15) is 35.6 Å². The largest absolute Gasteiger partial charge is 0.492 e. The lowest BCUT2D eigenvalue weighted by molar-refractivity contribution is 0.186. The lowest BCUT2D eigenvalue weighted by atomic mass is 9.78. The topological polar surface area (TPSA) is 88.3 Å². The van der Waals surface area contributed by atoms with Crippen molar-refractivity contribution in [1.82, 2.24) is 10.2 Å². The number of ether oxygens (including phenoxy) is 1. The van der Waals surface area contributed by atoms with Crippen LogP contribution in [0.5, 0.6) is 10.9 Å². The molecule has 0 saturated heterocycles. The van der Waals surface area contributed by atoms with E-state index in [0.717, 1.165) is 34.3 Å². The molecule has 106 valence electrons. The molecule has 1 aliphatic heterocycles. The zero-order chi connectivity index (χ0) is 15.0. The maximum absolute atomic E-state index is 9.99. The number of rotatable bonds is 3. The Labute approximate surface area is 126 Å². The Kier molecular flexibility index (Phi) is 3.63. The van der Waals surface area contributed by atoms with Gasteiger partial charge in [-0.3, -0.25) is 0 Å². The molecule has 0 fully saturated rings. The van der Waals surface area contributed by atoms with Crippen molar-refractivity contribution in [3.05, 3.63) is 28.3 Å². The van der Waals surface area contributed by atoms with Crippen molar-refractivity contribution in [2.45, 2.75) is 26.4 Å². The van der Waals surface area contributed by atoms with E-state index in [2.05, 4.69) is 10.2 Å². The molecule has 1 aromatic carbocycles. The first kappa shape index (κ1) is 14.0. The quantitative estimate of drug-likeness (QED) is 0.868. The van der Waals surface area contributed by atoms with E-state index in [9.17, 15) is 5.02 Å². The molecule has 2 aromatic rings. The minimum Gasteiger partial charge on any atom is -0.430 e. The fraction of sp³-hybridized carbons (Fsp3) is 0.308. The number of aryl methyl sites for hydroxylation is 1. The number of hydrogen-bond donors (Lipinski definition) is 1. The van der Waals surface area contributed by atoms with Crippen LogP contribution >= 0.6 is 11.3 Å². The molecule has 21 heavy (non-hydrogen) atoms. The highest BCUT2D eigenvalue weighted by Crippen LogP contribution is 2.33. The van der Waals surface area contributed by atoms with Gasteiger partial charge in [-0.15, -0.1) is 5.10 Å². The van der Waals surface area contributed by atoms with E-state index >= 15 is 0 Å². The van der Waals surface area contributed by atoms with E-state index in [1.807, 2.05) is 26.0 Å². The molecule has 2 heterocycles. The van der Waals surface area contributed by atoms with Gasteiger partial charge in [-0.25, -0.2) is 0 Å². The van der Waals surface area contributed by atoms with Crippen molar-refractivity contribution in [1.29, 1.82) is 5.26 Å². The van der Waals surface area contributed by atoms with Crippen molar-refractivity contribution in [3.63, 3.8) is 0 Å². The van der Waals surface area contributed by atoms with Crippen LogP contribution in [-0.4, -0.2) is 22.3 Å². The molecule has 1 N–H and O–H groups in total. The van der Waals surface area contributed by atoms with Gasteiger partial charge >= 0.3 is 12.3 Å². The summed E-state index contributed by atoms with van der Waals surface area (Å²) in [6, 6.07) is 5.53. The second-order valence-corrected chi connectivity index (χ2v) is 5.66. The van der Waals surface area contributed by atoms with Gasteiger partial charge in [-0.2, -0.15) is 5.26 Å². The molecule has 0 saturated carbocycles. The van der Waals surface area contributed by atoms with Crippen LogP contribution in [0.4, 0.5) is 0 Å². The summed E-state index contributed by atoms with van der Waals surface area (Å²) in [5, 5.41) is 26.7. The fourth-order valence-electron chi connectivity index (χ4n) is 2.49. The van der Waals surface area contributed by atoms with Gasteiger partial charge in [0.15, 0.2) is 0 Å². The summed E-state index contributed by atoms with van der Waals surface area (Å²) < 4.78 is 11.1. The van der Waals surface area contributed by atoms with Crippen molar-refractivity contribution < 1.29 is 14.4 Å². The monoisotopic (exact) mass is 301 g/mol. The lowest BCUT2D eigenvalue weighted by Crippen LogP contribution is -2.28. The summed E-state index contributed by atoms with van der Waals surface area (Å²) >= 11 is 1.07. The maximum Gasteiger partial charge on any atom is 0.492 e. The number of nitrogens with zero attached hydrogens (tertiary/aromatic N) is 3. The Balaban J connectivity index is 1.93. The summed E-state index contributed by atoms with van der Waals surface area (Å²) in [6.45, 7) is 3.97. The zero-order valence-corrected chi connectivity index (χ0v) is 12.3. The number of fused-ring (bicyclic) bond motifs is 1. The minimum absolute atomic E-state index is 0.0872. The standard InChI is InChI=1S/C13H12BN3O3S/c1-3-10-12-7(2)4-8(5-9(12)14(18)20-10)19-13-17-16-11(6-15)21-13/h4-5,10,18H,3H2,1-2H3. The summed E-state index contributed by atoms with van der Waals surface area (Å²) in [5.41, 5.74) is 2.74. The molecule has 1 aromatic heterocycles. The van der Waals surface area contributed by atoms with Crippen LogP contribution in [0.3, 0.4) is 0 Å². The summed E-state index contributed by atoms with van der Waals surface area (Å²) in [7, 11) is -0.934. The molecule has 0 radical (unpaired) electrons. The molecule has 8 heteroatoms. The van der Waals surface area contributed by atoms with Gasteiger partial charge in [0.05, 0.1) is 6.10 Å². The van der Waals surface area contributed by atoms with Crippen LogP contribution in [0.15, 0.2) is 12.1 Å². The first-order valence-electron chi connectivity index (χ1n) is 6.51. The van der Waals surface area contributed by atoms with Gasteiger partial charge in [-0.05, 0) is 53.4 Å². The van der Waals surface area contributed by atoms with Crippen LogP contribution in [-0.2, 0) is 4.65 Å². The highest BCUT2D eigenvalue weighted by Gasteiger charge is 2.35. The second kappa shape index (κ2) is 5.45. The average molecular weight is 301 g/mol. The number of aromatic nitrogens is 2. The van der Waals surface area contributed by atoms with Gasteiger partial charge in [0.2, 0.25) is 5.01 Å². The van der Waals surface area contributed by atoms with E-state index in [1.165, 1.54) is 0 Å². The van der Waals surface area contributed by atoms with Crippen LogP contribution in [0.25, 0.3) is 0 Å². The number of hydrogen-bond acceptors (Lipinski definition) is 7. The third kappa shape index (κ3) is 2.51. The third-order valence-corrected chi connectivity index (χ3v) is 4.06. The summed E-state index contributed by atoms with van der Waals surface area (Å²) in [6.07, 6.45) is 0.711. The molecule has 3 rings (SSSR count). The van der Waals surface area contributed by atoms with E-state index in [0.29, 0.717) is 10.9 Å². The summed E-state index contributed by atoms with van der Waals surface area (Å²) in [5.74, 6) is 0.547. The van der Waals surface area contributed by atoms with Crippen molar-refractivity contribution in [2.75, 3.05) is 0 Å². The molecule has 6 nitrogen and oxygen atoms in total. The van der Waals surface area contributed by atoms with E-state index in [-0.39, 0.29) is 11.1 Å². The third-order valence-electron chi connectivity index (χ3n) is 3.35. The Morgan fingerprint density at radius 3 is 3.00 bits per heavy atom. The fourth-order valence-corrected chi connectivity index (χ4v) is 3.00. The van der Waals surface area contributed by atoms with Gasteiger partial charge < -0.3 is 14.4 Å². The van der Waals surface area contributed by atoms with Gasteiger partial charge in [0.25, 0.3) is 0 Å². The van der Waals surface area contributed by atoms with E-state index in [4.69, 9.17) is 14.7 Å². The summed E-state index contributed by atoms with van der Waals surface area (Å²) in [4.78, 5) is 0. The van der Waals surface area contributed by atoms with Crippen LogP contribution in [0.2, 0.25) is 0 Å². The average Bonchev–Trinajstić information content (AvgIpc) is 3.04. The number of nitriles is 1. The molecule has 0 spiro atoms. The first-order valence-corrected chi connectivity index (χ1v) is 7.33. The Morgan fingerprint density at radius 1 is 1.52 bits per heavy atom.